The van der Waals surface area contributed by atoms with Gasteiger partial charge in [-0.1, -0.05) is 0 Å². The summed E-state index contributed by atoms with van der Waals surface area (Å²) >= 11 is 0. The van der Waals surface area contributed by atoms with Gasteiger partial charge in [0.1, 0.15) is 5.82 Å². The van der Waals surface area contributed by atoms with E-state index in [1.54, 1.807) is 12.4 Å². The van der Waals surface area contributed by atoms with Crippen molar-refractivity contribution in [2.45, 2.75) is 32.4 Å². The van der Waals surface area contributed by atoms with E-state index in [4.69, 9.17) is 4.74 Å². The van der Waals surface area contributed by atoms with Gasteiger partial charge in [-0.2, -0.15) is 0 Å². The van der Waals surface area contributed by atoms with Crippen LogP contribution in [0.3, 0.4) is 0 Å². The highest BCUT2D eigenvalue weighted by Gasteiger charge is 2.28. The van der Waals surface area contributed by atoms with E-state index in [0.29, 0.717) is 32.2 Å². The Hall–Kier alpha value is -1.53. The summed E-state index contributed by atoms with van der Waals surface area (Å²) in [6, 6.07) is 2.20. The zero-order chi connectivity index (χ0) is 15.1. The van der Waals surface area contributed by atoms with Crippen molar-refractivity contribution >= 4 is 5.91 Å². The Bertz CT molecular complexity index is 441. The highest BCUT2D eigenvalue weighted by molar-refractivity contribution is 5.76. The van der Waals surface area contributed by atoms with Crippen molar-refractivity contribution in [3.63, 3.8) is 0 Å². The number of hydrogen-bond acceptors (Lipinski definition) is 5. The minimum Gasteiger partial charge on any atom is -0.381 e. The Kier molecular flexibility index (Phi) is 6.07. The monoisotopic (exact) mass is 292 g/mol. The molecule has 0 N–H and O–H groups in total. The van der Waals surface area contributed by atoms with Crippen molar-refractivity contribution in [2.24, 2.45) is 0 Å². The molecule has 21 heavy (non-hydrogen) atoms. The lowest BCUT2D eigenvalue weighted by Gasteiger charge is -2.24. The van der Waals surface area contributed by atoms with Crippen LogP contribution < -0.4 is 0 Å². The minimum atomic E-state index is 0.190. The first kappa shape index (κ1) is 15.9. The third-order valence-electron chi connectivity index (χ3n) is 3.81. The molecule has 1 aliphatic rings. The molecule has 0 aromatic carbocycles. The van der Waals surface area contributed by atoms with Crippen LogP contribution in [-0.2, 0) is 16.1 Å². The maximum atomic E-state index is 12.0. The molecule has 6 nitrogen and oxygen atoms in total. The molecule has 1 aromatic heterocycles. The Labute approximate surface area is 126 Å². The second-order valence-electron chi connectivity index (χ2n) is 5.31. The van der Waals surface area contributed by atoms with Crippen molar-refractivity contribution in [3.8, 4) is 0 Å². The molecule has 116 valence electrons. The number of rotatable bonds is 7. The van der Waals surface area contributed by atoms with Crippen molar-refractivity contribution in [2.75, 3.05) is 33.4 Å². The molecule has 0 saturated carbocycles. The normalized spacial score (nSPS) is 18.4. The summed E-state index contributed by atoms with van der Waals surface area (Å²) in [6.45, 7) is 5.45. The summed E-state index contributed by atoms with van der Waals surface area (Å²) in [6.07, 6.45) is 5.00. The number of likely N-dealkylation sites (N-methyl/N-ethyl adjacent to an activating group) is 1. The molecule has 0 bridgehead atoms. The lowest BCUT2D eigenvalue weighted by Crippen LogP contribution is -2.36. The van der Waals surface area contributed by atoms with Gasteiger partial charge in [0.2, 0.25) is 5.91 Å². The number of amides is 1. The lowest BCUT2D eigenvalue weighted by atomic mass is 10.2. The maximum Gasteiger partial charge on any atom is 0.224 e. The fourth-order valence-electron chi connectivity index (χ4n) is 2.55. The van der Waals surface area contributed by atoms with E-state index < -0.39 is 0 Å². The van der Waals surface area contributed by atoms with Gasteiger partial charge >= 0.3 is 0 Å². The van der Waals surface area contributed by atoms with Crippen LogP contribution in [0, 0.1) is 0 Å². The van der Waals surface area contributed by atoms with Gasteiger partial charge in [-0.15, -0.1) is 0 Å². The predicted molar refractivity (Wildman–Crippen MR) is 79.6 cm³/mol. The molecular weight excluding hydrogens is 268 g/mol. The zero-order valence-electron chi connectivity index (χ0n) is 12.9. The second-order valence-corrected chi connectivity index (χ2v) is 5.31. The predicted octanol–water partition coefficient (Wildman–Crippen LogP) is 0.936. The number of ether oxygens (including phenoxy) is 1. The average Bonchev–Trinajstić information content (AvgIpc) is 2.98. The smallest absolute Gasteiger partial charge is 0.224 e. The summed E-state index contributed by atoms with van der Waals surface area (Å²) in [4.78, 5) is 24.7. The van der Waals surface area contributed by atoms with Crippen LogP contribution in [0.25, 0.3) is 0 Å². The molecule has 1 amide bonds. The SMILES string of the molecule is CCOCCC(=O)N1CCC(N(C)Cc2ncccn2)C1. The van der Waals surface area contributed by atoms with Gasteiger partial charge in [0, 0.05) is 38.1 Å². The van der Waals surface area contributed by atoms with Crippen LogP contribution in [0.15, 0.2) is 18.5 Å². The van der Waals surface area contributed by atoms with Crippen LogP contribution in [0.5, 0.6) is 0 Å². The Morgan fingerprint density at radius 3 is 2.95 bits per heavy atom. The number of nitrogens with zero attached hydrogens (tertiary/aromatic N) is 4. The molecule has 1 aliphatic heterocycles. The molecule has 2 rings (SSSR count). The molecule has 0 spiro atoms. The first-order valence-electron chi connectivity index (χ1n) is 7.52. The third-order valence-corrected chi connectivity index (χ3v) is 3.81. The van der Waals surface area contributed by atoms with E-state index in [2.05, 4.69) is 21.9 Å². The van der Waals surface area contributed by atoms with E-state index in [1.807, 2.05) is 17.9 Å². The molecule has 1 saturated heterocycles. The molecule has 0 radical (unpaired) electrons. The van der Waals surface area contributed by atoms with Gasteiger partial charge in [0.15, 0.2) is 0 Å². The van der Waals surface area contributed by atoms with Crippen LogP contribution in [0.1, 0.15) is 25.6 Å². The summed E-state index contributed by atoms with van der Waals surface area (Å²) in [7, 11) is 2.06. The second kappa shape index (κ2) is 8.05. The number of carbonyl (C=O) groups is 1. The van der Waals surface area contributed by atoms with Crippen LogP contribution >= 0.6 is 0 Å². The number of likely N-dealkylation sites (tertiary alicyclic amines) is 1. The van der Waals surface area contributed by atoms with Crippen molar-refractivity contribution < 1.29 is 9.53 Å². The number of carbonyl (C=O) groups excluding carboxylic acids is 1. The Morgan fingerprint density at radius 2 is 2.24 bits per heavy atom. The molecule has 1 unspecified atom stereocenters. The highest BCUT2D eigenvalue weighted by atomic mass is 16.5. The first-order valence-corrected chi connectivity index (χ1v) is 7.52. The Morgan fingerprint density at radius 1 is 1.48 bits per heavy atom. The third kappa shape index (κ3) is 4.75. The minimum absolute atomic E-state index is 0.190. The van der Waals surface area contributed by atoms with Gasteiger partial charge < -0.3 is 9.64 Å². The molecule has 0 aliphatic carbocycles. The van der Waals surface area contributed by atoms with Crippen LogP contribution in [0.4, 0.5) is 0 Å². The van der Waals surface area contributed by atoms with Crippen LogP contribution in [0.2, 0.25) is 0 Å². The molecule has 1 fully saturated rings. The topological polar surface area (TPSA) is 58.6 Å². The van der Waals surface area contributed by atoms with Gasteiger partial charge in [-0.3, -0.25) is 9.69 Å². The Balaban J connectivity index is 1.77. The first-order chi connectivity index (χ1) is 10.2. The van der Waals surface area contributed by atoms with Gasteiger partial charge in [-0.25, -0.2) is 9.97 Å². The fourth-order valence-corrected chi connectivity index (χ4v) is 2.55. The molecule has 2 heterocycles. The quantitative estimate of drug-likeness (QED) is 0.700. The van der Waals surface area contributed by atoms with E-state index in [-0.39, 0.29) is 5.91 Å². The average molecular weight is 292 g/mol. The van der Waals surface area contributed by atoms with E-state index >= 15 is 0 Å². The molecule has 1 atom stereocenters. The molecule has 6 heteroatoms. The largest absolute Gasteiger partial charge is 0.381 e. The summed E-state index contributed by atoms with van der Waals surface area (Å²) in [5.74, 6) is 1.01. The standard InChI is InChI=1S/C15H24N4O2/c1-3-21-10-6-15(20)19-9-5-13(11-19)18(2)12-14-16-7-4-8-17-14/h4,7-8,13H,3,5-6,9-12H2,1-2H3. The van der Waals surface area contributed by atoms with Gasteiger partial charge in [-0.05, 0) is 26.5 Å². The summed E-state index contributed by atoms with van der Waals surface area (Å²) in [5, 5.41) is 0. The highest BCUT2D eigenvalue weighted by Crippen LogP contribution is 2.16. The van der Waals surface area contributed by atoms with Gasteiger partial charge in [0.25, 0.3) is 0 Å². The number of hydrogen-bond donors (Lipinski definition) is 0. The van der Waals surface area contributed by atoms with Crippen molar-refractivity contribution in [1.82, 2.24) is 19.8 Å². The molecule has 1 aromatic rings. The van der Waals surface area contributed by atoms with E-state index in [9.17, 15) is 4.79 Å². The van der Waals surface area contributed by atoms with Crippen LogP contribution in [-0.4, -0.2) is 65.1 Å². The molecular formula is C15H24N4O2. The van der Waals surface area contributed by atoms with E-state index in [1.165, 1.54) is 0 Å². The maximum absolute atomic E-state index is 12.0. The zero-order valence-corrected chi connectivity index (χ0v) is 12.9. The van der Waals surface area contributed by atoms with Crippen molar-refractivity contribution in [1.29, 1.82) is 0 Å². The summed E-state index contributed by atoms with van der Waals surface area (Å²) in [5.41, 5.74) is 0. The number of aromatic nitrogens is 2. The van der Waals surface area contributed by atoms with Crippen molar-refractivity contribution in [3.05, 3.63) is 24.3 Å². The van der Waals surface area contributed by atoms with E-state index in [0.717, 1.165) is 25.3 Å². The lowest BCUT2D eigenvalue weighted by molar-refractivity contribution is -0.131. The summed E-state index contributed by atoms with van der Waals surface area (Å²) < 4.78 is 5.24. The van der Waals surface area contributed by atoms with Gasteiger partial charge in [0.05, 0.1) is 19.6 Å². The fraction of sp³-hybridized carbons (Fsp3) is 0.667.